The number of alkyl halides is 2. The molecule has 0 saturated carbocycles. The Morgan fingerprint density at radius 3 is 2.55 bits per heavy atom. The molecule has 12 heteroatoms. The number of ether oxygens (including phenoxy) is 3. The van der Waals surface area contributed by atoms with Gasteiger partial charge in [-0.25, -0.2) is 0 Å². The van der Waals surface area contributed by atoms with Crippen LogP contribution in [0.25, 0.3) is 0 Å². The minimum absolute atomic E-state index is 0.0331. The van der Waals surface area contributed by atoms with E-state index in [1.54, 1.807) is 6.92 Å². The molecule has 33 heavy (non-hydrogen) atoms. The molecule has 0 aliphatic heterocycles. The molecule has 9 nitrogen and oxygen atoms in total. The first-order valence-corrected chi connectivity index (χ1v) is 9.83. The van der Waals surface area contributed by atoms with Crippen LogP contribution in [0.2, 0.25) is 5.02 Å². The second-order valence-corrected chi connectivity index (χ2v) is 6.76. The maximum absolute atomic E-state index is 12.5. The van der Waals surface area contributed by atoms with E-state index in [0.29, 0.717) is 5.76 Å². The summed E-state index contributed by atoms with van der Waals surface area (Å²) in [7, 11) is 0. The van der Waals surface area contributed by atoms with Gasteiger partial charge in [-0.3, -0.25) is 14.9 Å². The van der Waals surface area contributed by atoms with E-state index in [-0.39, 0.29) is 52.6 Å². The topological polar surface area (TPSA) is 113 Å². The molecule has 1 N–H and O–H groups in total. The van der Waals surface area contributed by atoms with Gasteiger partial charge >= 0.3 is 6.61 Å². The molecule has 0 unspecified atom stereocenters. The molecule has 0 atom stereocenters. The molecule has 0 bridgehead atoms. The van der Waals surface area contributed by atoms with E-state index in [0.717, 1.165) is 6.07 Å². The molecule has 3 aromatic rings. The summed E-state index contributed by atoms with van der Waals surface area (Å²) in [6, 6.07) is 10.7. The van der Waals surface area contributed by atoms with Crippen molar-refractivity contribution in [1.82, 2.24) is 0 Å². The molecular weight excluding hydrogens is 466 g/mol. The molecule has 1 aromatic heterocycles. The van der Waals surface area contributed by atoms with Gasteiger partial charge in [0.05, 0.1) is 16.6 Å². The molecule has 1 heterocycles. The standard InChI is InChI=1S/C21H17ClF2N2O7/c1-2-30-19-9-12(3-6-17(19)33-21(23)24)25-20(27)18-8-5-14(32-18)11-31-16-7-4-13(26(28)29)10-15(16)22/h3-10,21H,2,11H2,1H3,(H,25,27). The fourth-order valence-corrected chi connectivity index (χ4v) is 2.92. The van der Waals surface area contributed by atoms with E-state index in [4.69, 9.17) is 25.5 Å². The molecule has 0 aliphatic carbocycles. The highest BCUT2D eigenvalue weighted by Crippen LogP contribution is 2.32. The van der Waals surface area contributed by atoms with Crippen molar-refractivity contribution in [2.75, 3.05) is 11.9 Å². The highest BCUT2D eigenvalue weighted by atomic mass is 35.5. The van der Waals surface area contributed by atoms with Crippen LogP contribution in [0, 0.1) is 10.1 Å². The van der Waals surface area contributed by atoms with Gasteiger partial charge in [-0.2, -0.15) is 8.78 Å². The lowest BCUT2D eigenvalue weighted by molar-refractivity contribution is -0.384. The number of furan rings is 1. The quantitative estimate of drug-likeness (QED) is 0.292. The van der Waals surface area contributed by atoms with Crippen molar-refractivity contribution in [3.63, 3.8) is 0 Å². The van der Waals surface area contributed by atoms with Gasteiger partial charge in [0.1, 0.15) is 18.1 Å². The second kappa shape index (κ2) is 10.6. The summed E-state index contributed by atoms with van der Waals surface area (Å²) < 4.78 is 45.6. The molecule has 3 rings (SSSR count). The third kappa shape index (κ3) is 6.32. The predicted octanol–water partition coefficient (Wildman–Crippen LogP) is 5.67. The van der Waals surface area contributed by atoms with Crippen LogP contribution in [0.4, 0.5) is 20.2 Å². The number of nitro benzene ring substituents is 1. The van der Waals surface area contributed by atoms with Gasteiger partial charge in [0.2, 0.25) is 0 Å². The number of amides is 1. The molecule has 1 amide bonds. The first kappa shape index (κ1) is 23.8. The van der Waals surface area contributed by atoms with Crippen molar-refractivity contribution in [2.45, 2.75) is 20.1 Å². The lowest BCUT2D eigenvalue weighted by Crippen LogP contribution is -2.11. The third-order valence-corrected chi connectivity index (χ3v) is 4.39. The highest BCUT2D eigenvalue weighted by molar-refractivity contribution is 6.32. The van der Waals surface area contributed by atoms with Crippen LogP contribution >= 0.6 is 11.6 Å². The number of nitro groups is 1. The Morgan fingerprint density at radius 1 is 1.12 bits per heavy atom. The van der Waals surface area contributed by atoms with Crippen LogP contribution in [0.3, 0.4) is 0 Å². The predicted molar refractivity (Wildman–Crippen MR) is 113 cm³/mol. The molecule has 2 aromatic carbocycles. The fourth-order valence-electron chi connectivity index (χ4n) is 2.69. The molecule has 0 spiro atoms. The average Bonchev–Trinajstić information content (AvgIpc) is 3.24. The third-order valence-electron chi connectivity index (χ3n) is 4.10. The second-order valence-electron chi connectivity index (χ2n) is 6.35. The first-order valence-electron chi connectivity index (χ1n) is 9.45. The molecule has 0 fully saturated rings. The van der Waals surface area contributed by atoms with Gasteiger partial charge in [0.25, 0.3) is 11.6 Å². The summed E-state index contributed by atoms with van der Waals surface area (Å²) >= 11 is 5.97. The van der Waals surface area contributed by atoms with Crippen LogP contribution in [-0.4, -0.2) is 24.0 Å². The minimum atomic E-state index is -3.02. The Bertz CT molecular complexity index is 1150. The van der Waals surface area contributed by atoms with Crippen molar-refractivity contribution >= 4 is 28.9 Å². The Labute approximate surface area is 191 Å². The number of rotatable bonds is 10. The van der Waals surface area contributed by atoms with Crippen LogP contribution in [0.15, 0.2) is 52.9 Å². The van der Waals surface area contributed by atoms with E-state index in [1.807, 2.05) is 0 Å². The number of carbonyl (C=O) groups excluding carboxylic acids is 1. The minimum Gasteiger partial charge on any atom is -0.490 e. The van der Waals surface area contributed by atoms with Gasteiger partial charge in [-0.05, 0) is 37.3 Å². The van der Waals surface area contributed by atoms with Crippen molar-refractivity contribution in [2.24, 2.45) is 0 Å². The fraction of sp³-hybridized carbons (Fsp3) is 0.190. The lowest BCUT2D eigenvalue weighted by atomic mass is 10.2. The number of nitrogens with zero attached hydrogens (tertiary/aromatic N) is 1. The number of carbonyl (C=O) groups is 1. The van der Waals surface area contributed by atoms with Crippen LogP contribution in [0.1, 0.15) is 23.2 Å². The number of hydrogen-bond acceptors (Lipinski definition) is 7. The Hall–Kier alpha value is -3.86. The van der Waals surface area contributed by atoms with Gasteiger partial charge in [0.15, 0.2) is 17.3 Å². The zero-order valence-corrected chi connectivity index (χ0v) is 17.8. The first-order chi connectivity index (χ1) is 15.8. The van der Waals surface area contributed by atoms with Gasteiger partial charge in [-0.1, -0.05) is 11.6 Å². The SMILES string of the molecule is CCOc1cc(NC(=O)c2ccc(COc3ccc([N+](=O)[O-])cc3Cl)o2)ccc1OC(F)F. The normalized spacial score (nSPS) is 10.7. The average molecular weight is 483 g/mol. The van der Waals surface area contributed by atoms with E-state index in [2.05, 4.69) is 10.1 Å². The van der Waals surface area contributed by atoms with Gasteiger partial charge in [-0.15, -0.1) is 0 Å². The van der Waals surface area contributed by atoms with Crippen molar-refractivity contribution in [3.8, 4) is 17.2 Å². The number of halogens is 3. The summed E-state index contributed by atoms with van der Waals surface area (Å²) in [6.07, 6.45) is 0. The van der Waals surface area contributed by atoms with E-state index >= 15 is 0 Å². The zero-order chi connectivity index (χ0) is 24.0. The van der Waals surface area contributed by atoms with E-state index in [1.165, 1.54) is 42.5 Å². The maximum Gasteiger partial charge on any atom is 0.387 e. The number of anilines is 1. The van der Waals surface area contributed by atoms with Gasteiger partial charge < -0.3 is 23.9 Å². The summed E-state index contributed by atoms with van der Waals surface area (Å²) in [5.41, 5.74) is 0.0996. The van der Waals surface area contributed by atoms with Crippen LogP contribution in [-0.2, 0) is 6.61 Å². The van der Waals surface area contributed by atoms with E-state index in [9.17, 15) is 23.7 Å². The molecular formula is C21H17ClF2N2O7. The van der Waals surface area contributed by atoms with Crippen LogP contribution < -0.4 is 19.5 Å². The van der Waals surface area contributed by atoms with Crippen molar-refractivity contribution in [1.29, 1.82) is 0 Å². The number of nitrogens with one attached hydrogen (secondary N) is 1. The maximum atomic E-state index is 12.5. The Morgan fingerprint density at radius 2 is 1.88 bits per heavy atom. The molecule has 0 radical (unpaired) electrons. The number of benzene rings is 2. The summed E-state index contributed by atoms with van der Waals surface area (Å²) in [6.45, 7) is -1.22. The summed E-state index contributed by atoms with van der Waals surface area (Å²) in [5.74, 6) is -0.241. The number of hydrogen-bond donors (Lipinski definition) is 1. The van der Waals surface area contributed by atoms with Crippen molar-refractivity contribution < 1.29 is 37.1 Å². The molecule has 0 saturated heterocycles. The summed E-state index contributed by atoms with van der Waals surface area (Å²) in [4.78, 5) is 22.6. The monoisotopic (exact) mass is 482 g/mol. The van der Waals surface area contributed by atoms with E-state index < -0.39 is 17.4 Å². The lowest BCUT2D eigenvalue weighted by Gasteiger charge is -2.13. The molecule has 0 aliphatic rings. The molecule has 174 valence electrons. The largest absolute Gasteiger partial charge is 0.490 e. The Kier molecular flexibility index (Phi) is 7.67. The zero-order valence-electron chi connectivity index (χ0n) is 17.0. The van der Waals surface area contributed by atoms with Gasteiger partial charge in [0, 0.05) is 23.9 Å². The smallest absolute Gasteiger partial charge is 0.387 e. The number of non-ortho nitro benzene ring substituents is 1. The van der Waals surface area contributed by atoms with Crippen LogP contribution in [0.5, 0.6) is 17.2 Å². The Balaban J connectivity index is 1.64. The highest BCUT2D eigenvalue weighted by Gasteiger charge is 2.16. The van der Waals surface area contributed by atoms with Crippen molar-refractivity contribution in [3.05, 3.63) is 75.2 Å². The summed E-state index contributed by atoms with van der Waals surface area (Å²) in [5, 5.41) is 13.4.